The fourth-order valence-electron chi connectivity index (χ4n) is 8.87. The molecular formula is C49H53N5O8Si. The molecular weight excluding hydrogens is 815 g/mol. The second-order valence-electron chi connectivity index (χ2n) is 16.4. The number of rotatable bonds is 17. The molecule has 1 N–H and O–H groups in total. The van der Waals surface area contributed by atoms with Crippen molar-refractivity contribution in [2.24, 2.45) is 5.11 Å². The van der Waals surface area contributed by atoms with Crippen LogP contribution in [0.5, 0.6) is 11.5 Å². The van der Waals surface area contributed by atoms with Gasteiger partial charge in [0.25, 0.3) is 13.9 Å². The lowest BCUT2D eigenvalue weighted by molar-refractivity contribution is -0.144. The van der Waals surface area contributed by atoms with Crippen molar-refractivity contribution in [1.82, 2.24) is 9.55 Å². The van der Waals surface area contributed by atoms with Crippen LogP contribution in [0.25, 0.3) is 10.4 Å². The maximum atomic E-state index is 13.7. The van der Waals surface area contributed by atoms with E-state index in [0.29, 0.717) is 11.5 Å². The molecule has 0 radical (unpaired) electrons. The first-order valence-electron chi connectivity index (χ1n) is 20.8. The molecule has 0 aliphatic carbocycles. The van der Waals surface area contributed by atoms with E-state index in [2.05, 4.69) is 60.0 Å². The molecule has 5 aromatic carbocycles. The molecule has 1 saturated heterocycles. The summed E-state index contributed by atoms with van der Waals surface area (Å²) in [7, 11) is 1.39. The van der Waals surface area contributed by atoms with Crippen molar-refractivity contribution in [1.29, 1.82) is 0 Å². The van der Waals surface area contributed by atoms with Crippen LogP contribution in [-0.2, 0) is 24.2 Å². The highest BCUT2D eigenvalue weighted by atomic mass is 28.4. The van der Waals surface area contributed by atoms with Gasteiger partial charge in [-0.15, -0.1) is 0 Å². The van der Waals surface area contributed by atoms with Crippen LogP contribution < -0.4 is 31.1 Å². The third-order valence-corrected chi connectivity index (χ3v) is 16.8. The van der Waals surface area contributed by atoms with E-state index in [4.69, 9.17) is 28.1 Å². The fourth-order valence-corrected chi connectivity index (χ4v) is 13.6. The van der Waals surface area contributed by atoms with Crippen molar-refractivity contribution in [3.05, 3.63) is 200 Å². The number of nitrogens with one attached hydrogen (secondary N) is 1. The molecule has 1 aromatic heterocycles. The average Bonchev–Trinajstić information content (AvgIpc) is 3.67. The zero-order valence-electron chi connectivity index (χ0n) is 36.3. The summed E-state index contributed by atoms with van der Waals surface area (Å²) in [5, 5.41) is 5.56. The van der Waals surface area contributed by atoms with E-state index in [9.17, 15) is 15.1 Å². The predicted octanol–water partition coefficient (Wildman–Crippen LogP) is 7.49. The van der Waals surface area contributed by atoms with Gasteiger partial charge < -0.3 is 28.1 Å². The largest absolute Gasteiger partial charge is 0.497 e. The topological polar surface area (TPSA) is 159 Å². The molecule has 63 heavy (non-hydrogen) atoms. The van der Waals surface area contributed by atoms with Gasteiger partial charge in [-0.05, 0) is 68.3 Å². The summed E-state index contributed by atoms with van der Waals surface area (Å²) >= 11 is 0. The molecule has 6 aromatic rings. The fraction of sp³-hybridized carbons (Fsp3) is 0.306. The highest BCUT2D eigenvalue weighted by molar-refractivity contribution is 6.99. The number of hydrogen-bond acceptors (Lipinski definition) is 9. The third-order valence-electron chi connectivity index (χ3n) is 11.8. The Hall–Kier alpha value is -6.25. The zero-order valence-corrected chi connectivity index (χ0v) is 37.3. The molecule has 0 saturated carbocycles. The first-order chi connectivity index (χ1) is 30.5. The average molecular weight is 868 g/mol. The number of nitrogens with zero attached hydrogens (tertiary/aromatic N) is 4. The van der Waals surface area contributed by atoms with Crippen molar-refractivity contribution < 1.29 is 28.1 Å². The smallest absolute Gasteiger partial charge is 0.330 e. The molecule has 0 amide bonds. The minimum absolute atomic E-state index is 0.0317. The summed E-state index contributed by atoms with van der Waals surface area (Å²) < 4.78 is 41.8. The number of aromatic nitrogens is 2. The highest BCUT2D eigenvalue weighted by Gasteiger charge is 2.59. The minimum atomic E-state index is -3.39. The maximum absolute atomic E-state index is 13.7. The van der Waals surface area contributed by atoms with Gasteiger partial charge in [-0.25, -0.2) is 4.79 Å². The summed E-state index contributed by atoms with van der Waals surface area (Å²) in [5.41, 5.74) is 9.41. The quantitative estimate of drug-likeness (QED) is 0.0325. The molecule has 13 nitrogen and oxygen atoms in total. The van der Waals surface area contributed by atoms with Crippen LogP contribution in [0.1, 0.15) is 50.1 Å². The summed E-state index contributed by atoms with van der Waals surface area (Å²) in [6, 6.07) is 46.9. The normalized spacial score (nSPS) is 18.3. The monoisotopic (exact) mass is 867 g/mol. The lowest BCUT2D eigenvalue weighted by Gasteiger charge is -2.47. The van der Waals surface area contributed by atoms with E-state index < -0.39 is 60.8 Å². The van der Waals surface area contributed by atoms with Gasteiger partial charge in [0.05, 0.1) is 20.3 Å². The Bertz CT molecular complexity index is 2490. The van der Waals surface area contributed by atoms with E-state index in [1.54, 1.807) is 21.3 Å². The lowest BCUT2D eigenvalue weighted by atomic mass is 9.79. The number of H-pyrrole nitrogens is 1. The predicted molar refractivity (Wildman–Crippen MR) is 244 cm³/mol. The van der Waals surface area contributed by atoms with E-state index in [-0.39, 0.29) is 13.0 Å². The lowest BCUT2D eigenvalue weighted by Crippen LogP contribution is -2.69. The molecule has 3 unspecified atom stereocenters. The van der Waals surface area contributed by atoms with Gasteiger partial charge in [0, 0.05) is 30.8 Å². The first-order valence-corrected chi connectivity index (χ1v) is 22.7. The van der Waals surface area contributed by atoms with Crippen molar-refractivity contribution >= 4 is 18.7 Å². The second kappa shape index (κ2) is 19.4. The van der Waals surface area contributed by atoms with Gasteiger partial charge in [0.15, 0.2) is 6.23 Å². The maximum Gasteiger partial charge on any atom is 0.330 e. The number of azide groups is 1. The Balaban J connectivity index is 1.51. The van der Waals surface area contributed by atoms with Crippen LogP contribution >= 0.6 is 0 Å². The molecule has 326 valence electrons. The van der Waals surface area contributed by atoms with Gasteiger partial charge in [-0.2, -0.15) is 0 Å². The van der Waals surface area contributed by atoms with E-state index in [1.807, 2.05) is 115 Å². The minimum Gasteiger partial charge on any atom is -0.497 e. The first kappa shape index (κ1) is 44.8. The molecule has 0 bridgehead atoms. The van der Waals surface area contributed by atoms with E-state index >= 15 is 0 Å². The van der Waals surface area contributed by atoms with Crippen LogP contribution in [0.3, 0.4) is 0 Å². The Labute approximate surface area is 367 Å². The molecule has 1 aliphatic rings. The number of benzene rings is 5. The van der Waals surface area contributed by atoms with Crippen LogP contribution in [0.4, 0.5) is 0 Å². The Morgan fingerprint density at radius 2 is 1.24 bits per heavy atom. The Kier molecular flexibility index (Phi) is 13.8. The molecule has 0 spiro atoms. The van der Waals surface area contributed by atoms with Gasteiger partial charge in [0.2, 0.25) is 0 Å². The number of aromatic amines is 1. The van der Waals surface area contributed by atoms with Crippen LogP contribution in [-0.4, -0.2) is 70.2 Å². The molecule has 2 heterocycles. The number of ether oxygens (including phenoxy) is 5. The van der Waals surface area contributed by atoms with Gasteiger partial charge in [-0.3, -0.25) is 14.3 Å². The van der Waals surface area contributed by atoms with Gasteiger partial charge in [-0.1, -0.05) is 141 Å². The summed E-state index contributed by atoms with van der Waals surface area (Å²) in [4.78, 5) is 31.6. The zero-order chi connectivity index (χ0) is 44.6. The van der Waals surface area contributed by atoms with Crippen molar-refractivity contribution in [2.75, 3.05) is 27.9 Å². The molecule has 1 fully saturated rings. The van der Waals surface area contributed by atoms with Crippen molar-refractivity contribution in [3.8, 4) is 11.5 Å². The molecule has 1 aliphatic heterocycles. The molecule has 5 atom stereocenters. The molecule has 14 heteroatoms. The van der Waals surface area contributed by atoms with Crippen molar-refractivity contribution in [2.45, 2.75) is 68.5 Å². The van der Waals surface area contributed by atoms with E-state index in [1.165, 1.54) is 16.8 Å². The van der Waals surface area contributed by atoms with Gasteiger partial charge in [0.1, 0.15) is 35.4 Å². The Morgan fingerprint density at radius 3 is 1.70 bits per heavy atom. The van der Waals surface area contributed by atoms with Crippen LogP contribution in [0.2, 0.25) is 5.04 Å². The van der Waals surface area contributed by atoms with Crippen LogP contribution in [0, 0.1) is 0 Å². The molecule has 7 rings (SSSR count). The SMILES string of the molecule is COc1ccc(C(OC(CCN=[N+]=[N-])[C@H]2O[C@@H](n3ccc(=O)[nH]c3=O)C(OC)C2O[Si](c2ccccc2)(c2ccccc2)C(C)(C)C)(c2ccccc2)c2ccc(OC)cc2)cc1. The summed E-state index contributed by atoms with van der Waals surface area (Å²) in [5.74, 6) is 1.32. The summed E-state index contributed by atoms with van der Waals surface area (Å²) in [6.07, 6.45) is -3.25. The highest BCUT2D eigenvalue weighted by Crippen LogP contribution is 2.47. The Morgan fingerprint density at radius 1 is 0.730 bits per heavy atom. The standard InChI is InChI=1S/C49H53N5O8Si/c1-48(2,3)63(39-18-12-8-13-19-39,40-20-14-9-15-21-40)62-44-43(60-46(45(44)59-6)54-33-31-42(55)52-47(54)56)41(30-32-51-53-50)61-49(34-16-10-7-11-17-34,35-22-26-37(57-4)27-23-35)36-24-28-38(58-5)29-25-36/h7-29,31,33,41,43-46H,30,32H2,1-6H3,(H,52,55,56)/t41?,43-,44?,45?,46-/m1/s1. The van der Waals surface area contributed by atoms with Crippen LogP contribution in [0.15, 0.2) is 166 Å². The number of methoxy groups -OCH3 is 3. The van der Waals surface area contributed by atoms with Gasteiger partial charge >= 0.3 is 5.69 Å². The van der Waals surface area contributed by atoms with Crippen molar-refractivity contribution in [3.63, 3.8) is 0 Å². The van der Waals surface area contributed by atoms with E-state index in [0.717, 1.165) is 27.1 Å². The third kappa shape index (κ3) is 8.87. The summed E-state index contributed by atoms with van der Waals surface area (Å²) in [6.45, 7) is 6.57. The number of hydrogen-bond donors (Lipinski definition) is 1. The second-order valence-corrected chi connectivity index (χ2v) is 20.6.